The summed E-state index contributed by atoms with van der Waals surface area (Å²) in [6.07, 6.45) is 0. The van der Waals surface area contributed by atoms with Gasteiger partial charge >= 0.3 is 0 Å². The standard InChI is InChI=1S/C8H6Cl2S/c9-6-8(10)11-7-4-2-1-3-5-7/h1-6H. The average Bonchev–Trinajstić information content (AvgIpc) is 2.06. The van der Waals surface area contributed by atoms with Crippen LogP contribution >= 0.6 is 35.0 Å². The topological polar surface area (TPSA) is 0 Å². The van der Waals surface area contributed by atoms with Crippen LogP contribution in [0.3, 0.4) is 0 Å². The maximum Gasteiger partial charge on any atom is 0.0895 e. The van der Waals surface area contributed by atoms with Crippen LogP contribution in [0.15, 0.2) is 45.1 Å². The van der Waals surface area contributed by atoms with E-state index < -0.39 is 0 Å². The van der Waals surface area contributed by atoms with Crippen LogP contribution in [-0.4, -0.2) is 0 Å². The van der Waals surface area contributed by atoms with E-state index in [-0.39, 0.29) is 0 Å². The van der Waals surface area contributed by atoms with E-state index in [1.165, 1.54) is 17.3 Å². The summed E-state index contributed by atoms with van der Waals surface area (Å²) in [5.74, 6) is 0. The number of hydrogen-bond acceptors (Lipinski definition) is 1. The van der Waals surface area contributed by atoms with Gasteiger partial charge in [-0.25, -0.2) is 0 Å². The molecule has 0 heterocycles. The monoisotopic (exact) mass is 204 g/mol. The van der Waals surface area contributed by atoms with E-state index in [1.807, 2.05) is 30.3 Å². The molecule has 0 aliphatic carbocycles. The summed E-state index contributed by atoms with van der Waals surface area (Å²) in [5, 5.41) is 0. The van der Waals surface area contributed by atoms with Gasteiger partial charge in [0.05, 0.1) is 4.36 Å². The van der Waals surface area contributed by atoms with Gasteiger partial charge in [-0.1, -0.05) is 53.2 Å². The van der Waals surface area contributed by atoms with Gasteiger partial charge < -0.3 is 0 Å². The normalized spacial score (nSPS) is 11.6. The van der Waals surface area contributed by atoms with Gasteiger partial charge in [-0.3, -0.25) is 0 Å². The molecule has 0 nitrogen and oxygen atoms in total. The third kappa shape index (κ3) is 3.19. The summed E-state index contributed by atoms with van der Waals surface area (Å²) in [6, 6.07) is 9.84. The van der Waals surface area contributed by atoms with Gasteiger partial charge in [-0.2, -0.15) is 0 Å². The fourth-order valence-corrected chi connectivity index (χ4v) is 1.59. The smallest absolute Gasteiger partial charge is 0.0895 e. The quantitative estimate of drug-likeness (QED) is 0.656. The van der Waals surface area contributed by atoms with Crippen molar-refractivity contribution in [2.75, 3.05) is 0 Å². The molecular formula is C8H6Cl2S. The fraction of sp³-hybridized carbons (Fsp3) is 0. The number of halogens is 2. The molecule has 0 amide bonds. The highest BCUT2D eigenvalue weighted by atomic mass is 35.5. The van der Waals surface area contributed by atoms with Crippen molar-refractivity contribution in [2.45, 2.75) is 4.90 Å². The van der Waals surface area contributed by atoms with Crippen LogP contribution < -0.4 is 0 Å². The Labute approximate surface area is 80.2 Å². The molecule has 0 saturated heterocycles. The third-order valence-electron chi connectivity index (χ3n) is 1.04. The molecule has 0 atom stereocenters. The van der Waals surface area contributed by atoms with Crippen LogP contribution in [0.1, 0.15) is 0 Å². The van der Waals surface area contributed by atoms with Gasteiger partial charge in [0.1, 0.15) is 0 Å². The Morgan fingerprint density at radius 3 is 2.45 bits per heavy atom. The first kappa shape index (κ1) is 8.98. The molecule has 1 aromatic rings. The van der Waals surface area contributed by atoms with E-state index in [0.29, 0.717) is 4.36 Å². The Balaban J connectivity index is 2.65. The zero-order valence-corrected chi connectivity index (χ0v) is 7.96. The molecule has 1 aromatic carbocycles. The Bertz CT molecular complexity index is 244. The predicted octanol–water partition coefficient (Wildman–Crippen LogP) is 4.06. The number of hydrogen-bond donors (Lipinski definition) is 0. The van der Waals surface area contributed by atoms with E-state index in [4.69, 9.17) is 23.2 Å². The highest BCUT2D eigenvalue weighted by Crippen LogP contribution is 2.29. The molecule has 0 N–H and O–H groups in total. The van der Waals surface area contributed by atoms with Crippen LogP contribution in [0.25, 0.3) is 0 Å². The molecule has 1 rings (SSSR count). The lowest BCUT2D eigenvalue weighted by molar-refractivity contribution is 1.47. The number of thioether (sulfide) groups is 1. The van der Waals surface area contributed by atoms with E-state index in [0.717, 1.165) is 4.90 Å². The molecular weight excluding hydrogens is 199 g/mol. The second-order valence-corrected chi connectivity index (χ2v) is 3.79. The molecule has 0 aromatic heterocycles. The minimum Gasteiger partial charge on any atom is -0.0908 e. The summed E-state index contributed by atoms with van der Waals surface area (Å²) in [7, 11) is 0. The lowest BCUT2D eigenvalue weighted by Gasteiger charge is -1.95. The van der Waals surface area contributed by atoms with Gasteiger partial charge in [-0.15, -0.1) is 0 Å². The summed E-state index contributed by atoms with van der Waals surface area (Å²) >= 11 is 12.5. The van der Waals surface area contributed by atoms with Crippen molar-refractivity contribution >= 4 is 35.0 Å². The largest absolute Gasteiger partial charge is 0.0908 e. The fourth-order valence-electron chi connectivity index (χ4n) is 0.623. The van der Waals surface area contributed by atoms with Crippen molar-refractivity contribution < 1.29 is 0 Å². The lowest BCUT2D eigenvalue weighted by atomic mass is 10.4. The zero-order chi connectivity index (χ0) is 8.10. The summed E-state index contributed by atoms with van der Waals surface area (Å²) in [6.45, 7) is 0. The SMILES string of the molecule is ClC=C(Cl)Sc1ccccc1. The summed E-state index contributed by atoms with van der Waals surface area (Å²) in [4.78, 5) is 1.09. The lowest BCUT2D eigenvalue weighted by Crippen LogP contribution is -1.66. The van der Waals surface area contributed by atoms with Gasteiger partial charge in [0, 0.05) is 10.4 Å². The van der Waals surface area contributed by atoms with Crippen molar-refractivity contribution in [3.8, 4) is 0 Å². The van der Waals surface area contributed by atoms with E-state index >= 15 is 0 Å². The predicted molar refractivity (Wildman–Crippen MR) is 52.1 cm³/mol. The Hall–Kier alpha value is -0.110. The average molecular weight is 205 g/mol. The van der Waals surface area contributed by atoms with Gasteiger partial charge in [-0.05, 0) is 12.1 Å². The Kier molecular flexibility index (Phi) is 3.84. The summed E-state index contributed by atoms with van der Waals surface area (Å²) < 4.78 is 0.581. The van der Waals surface area contributed by atoms with E-state index in [2.05, 4.69) is 0 Å². The number of benzene rings is 1. The molecule has 58 valence electrons. The maximum atomic E-state index is 5.69. The van der Waals surface area contributed by atoms with Crippen molar-refractivity contribution in [3.05, 3.63) is 40.2 Å². The molecule has 0 radical (unpaired) electrons. The molecule has 0 unspecified atom stereocenters. The molecule has 0 saturated carbocycles. The minimum atomic E-state index is 0.581. The van der Waals surface area contributed by atoms with Crippen molar-refractivity contribution in [1.82, 2.24) is 0 Å². The van der Waals surface area contributed by atoms with Crippen LogP contribution in [0.5, 0.6) is 0 Å². The van der Waals surface area contributed by atoms with Crippen molar-refractivity contribution in [1.29, 1.82) is 0 Å². The first-order valence-electron chi connectivity index (χ1n) is 3.01. The van der Waals surface area contributed by atoms with E-state index in [1.54, 1.807) is 0 Å². The van der Waals surface area contributed by atoms with E-state index in [9.17, 15) is 0 Å². The second-order valence-electron chi connectivity index (χ2n) is 1.83. The Morgan fingerprint density at radius 2 is 1.91 bits per heavy atom. The minimum absolute atomic E-state index is 0.581. The van der Waals surface area contributed by atoms with Gasteiger partial charge in [0.2, 0.25) is 0 Å². The molecule has 0 aliphatic rings. The molecule has 3 heteroatoms. The van der Waals surface area contributed by atoms with Crippen LogP contribution in [-0.2, 0) is 0 Å². The molecule has 0 aliphatic heterocycles. The molecule has 0 bridgehead atoms. The molecule has 0 spiro atoms. The first-order chi connectivity index (χ1) is 5.33. The van der Waals surface area contributed by atoms with Crippen LogP contribution in [0, 0.1) is 0 Å². The van der Waals surface area contributed by atoms with Gasteiger partial charge in [0.15, 0.2) is 0 Å². The summed E-state index contributed by atoms with van der Waals surface area (Å²) in [5.41, 5.74) is 1.36. The zero-order valence-electron chi connectivity index (χ0n) is 5.63. The maximum absolute atomic E-state index is 5.69. The molecule has 11 heavy (non-hydrogen) atoms. The van der Waals surface area contributed by atoms with Crippen LogP contribution in [0.2, 0.25) is 0 Å². The third-order valence-corrected chi connectivity index (χ3v) is 2.66. The highest BCUT2D eigenvalue weighted by molar-refractivity contribution is 8.04. The Morgan fingerprint density at radius 1 is 1.27 bits per heavy atom. The van der Waals surface area contributed by atoms with Gasteiger partial charge in [0.25, 0.3) is 0 Å². The van der Waals surface area contributed by atoms with Crippen molar-refractivity contribution in [2.24, 2.45) is 0 Å². The second kappa shape index (κ2) is 4.70. The molecule has 0 fully saturated rings. The van der Waals surface area contributed by atoms with Crippen LogP contribution in [0.4, 0.5) is 0 Å². The highest BCUT2D eigenvalue weighted by Gasteiger charge is 1.93. The van der Waals surface area contributed by atoms with Crippen molar-refractivity contribution in [3.63, 3.8) is 0 Å². The first-order valence-corrected chi connectivity index (χ1v) is 4.65. The number of rotatable bonds is 2.